The lowest BCUT2D eigenvalue weighted by atomic mass is 10.2. The number of nitrogens with zero attached hydrogens (tertiary/aromatic N) is 2. The van der Waals surface area contributed by atoms with Gasteiger partial charge >= 0.3 is 5.97 Å². The monoisotopic (exact) mass is 328 g/mol. The Hall–Kier alpha value is -1.34. The molecule has 0 saturated heterocycles. The first-order chi connectivity index (χ1) is 8.56. The van der Waals surface area contributed by atoms with E-state index in [1.54, 1.807) is 6.92 Å². The molecule has 7 heteroatoms. The molecule has 18 heavy (non-hydrogen) atoms. The van der Waals surface area contributed by atoms with Crippen LogP contribution >= 0.6 is 27.7 Å². The van der Waals surface area contributed by atoms with Crippen LogP contribution in [0.5, 0.6) is 0 Å². The van der Waals surface area contributed by atoms with Gasteiger partial charge in [0.05, 0.1) is 0 Å². The van der Waals surface area contributed by atoms with Crippen molar-refractivity contribution in [2.24, 2.45) is 0 Å². The minimum absolute atomic E-state index is 0.253. The molecular formula is C11H9BrN2O3S. The first-order valence-electron chi connectivity index (χ1n) is 5.05. The van der Waals surface area contributed by atoms with Gasteiger partial charge in [0.25, 0.3) is 5.22 Å². The van der Waals surface area contributed by atoms with Gasteiger partial charge in [-0.2, -0.15) is 0 Å². The number of carboxylic acid groups (broad SMARTS) is 1. The Bertz CT molecular complexity index is 556. The number of carbonyl (C=O) groups is 1. The van der Waals surface area contributed by atoms with Crippen LogP contribution in [0.15, 0.2) is 38.4 Å². The molecule has 1 heterocycles. The largest absolute Gasteiger partial charge is 0.480 e. The lowest BCUT2D eigenvalue weighted by Gasteiger charge is -1.99. The van der Waals surface area contributed by atoms with Crippen LogP contribution in [-0.4, -0.2) is 26.5 Å². The van der Waals surface area contributed by atoms with Crippen molar-refractivity contribution >= 4 is 33.7 Å². The molecule has 1 aromatic carbocycles. The molecule has 1 N–H and O–H groups in total. The molecule has 0 fully saturated rings. The summed E-state index contributed by atoms with van der Waals surface area (Å²) in [5.41, 5.74) is 0.792. The maximum Gasteiger partial charge on any atom is 0.316 e. The zero-order chi connectivity index (χ0) is 13.1. The van der Waals surface area contributed by atoms with Gasteiger partial charge in [-0.1, -0.05) is 27.7 Å². The van der Waals surface area contributed by atoms with E-state index in [1.165, 1.54) is 0 Å². The highest BCUT2D eigenvalue weighted by molar-refractivity contribution is 9.10. The van der Waals surface area contributed by atoms with Gasteiger partial charge < -0.3 is 9.52 Å². The van der Waals surface area contributed by atoms with E-state index in [1.807, 2.05) is 24.3 Å². The number of thioether (sulfide) groups is 1. The molecule has 0 radical (unpaired) electrons. The second-order valence-corrected chi connectivity index (χ2v) is 5.69. The minimum atomic E-state index is -0.914. The van der Waals surface area contributed by atoms with Gasteiger partial charge in [-0.3, -0.25) is 4.79 Å². The van der Waals surface area contributed by atoms with Crippen molar-refractivity contribution in [3.63, 3.8) is 0 Å². The van der Waals surface area contributed by atoms with Gasteiger partial charge in [-0.05, 0) is 31.2 Å². The van der Waals surface area contributed by atoms with Crippen molar-refractivity contribution in [3.05, 3.63) is 28.7 Å². The summed E-state index contributed by atoms with van der Waals surface area (Å²) in [4.78, 5) is 10.7. The number of hydrogen-bond acceptors (Lipinski definition) is 5. The minimum Gasteiger partial charge on any atom is -0.480 e. The smallest absolute Gasteiger partial charge is 0.316 e. The fraction of sp³-hybridized carbons (Fsp3) is 0.182. The molecule has 2 aromatic rings. The molecule has 1 unspecified atom stereocenters. The second kappa shape index (κ2) is 5.53. The molecule has 1 atom stereocenters. The number of carboxylic acids is 1. The summed E-state index contributed by atoms with van der Waals surface area (Å²) in [5.74, 6) is -0.536. The van der Waals surface area contributed by atoms with Gasteiger partial charge in [-0.15, -0.1) is 10.2 Å². The summed E-state index contributed by atoms with van der Waals surface area (Å²) in [6.07, 6.45) is 0. The molecule has 0 aliphatic heterocycles. The molecular weight excluding hydrogens is 320 g/mol. The maximum atomic E-state index is 10.7. The van der Waals surface area contributed by atoms with Crippen molar-refractivity contribution < 1.29 is 14.3 Å². The third kappa shape index (κ3) is 3.11. The van der Waals surface area contributed by atoms with Crippen LogP contribution in [0, 0.1) is 0 Å². The highest BCUT2D eigenvalue weighted by Gasteiger charge is 2.17. The summed E-state index contributed by atoms with van der Waals surface area (Å²) in [5, 5.41) is 16.1. The van der Waals surface area contributed by atoms with Crippen molar-refractivity contribution in [1.29, 1.82) is 0 Å². The highest BCUT2D eigenvalue weighted by atomic mass is 79.9. The van der Waals surface area contributed by atoms with E-state index in [9.17, 15) is 4.79 Å². The summed E-state index contributed by atoms with van der Waals surface area (Å²) in [6.45, 7) is 1.57. The van der Waals surface area contributed by atoms with Crippen LogP contribution in [0.25, 0.3) is 11.5 Å². The molecule has 0 amide bonds. The first kappa shape index (κ1) is 13.1. The summed E-state index contributed by atoms with van der Waals surface area (Å²) >= 11 is 4.36. The van der Waals surface area contributed by atoms with Crippen molar-refractivity contribution in [2.75, 3.05) is 0 Å². The number of benzene rings is 1. The second-order valence-electron chi connectivity index (χ2n) is 3.48. The van der Waals surface area contributed by atoms with Crippen LogP contribution in [0.2, 0.25) is 0 Å². The third-order valence-electron chi connectivity index (χ3n) is 2.12. The fourth-order valence-electron chi connectivity index (χ4n) is 1.17. The number of aliphatic carboxylic acids is 1. The van der Waals surface area contributed by atoms with E-state index in [0.717, 1.165) is 21.8 Å². The summed E-state index contributed by atoms with van der Waals surface area (Å²) in [7, 11) is 0. The Kier molecular flexibility index (Phi) is 4.03. The predicted molar refractivity (Wildman–Crippen MR) is 70.4 cm³/mol. The van der Waals surface area contributed by atoms with Gasteiger partial charge in [0, 0.05) is 10.0 Å². The van der Waals surface area contributed by atoms with E-state index >= 15 is 0 Å². The first-order valence-corrected chi connectivity index (χ1v) is 6.72. The topological polar surface area (TPSA) is 76.2 Å². The quantitative estimate of drug-likeness (QED) is 0.869. The Morgan fingerprint density at radius 1 is 1.39 bits per heavy atom. The Morgan fingerprint density at radius 3 is 2.67 bits per heavy atom. The fourth-order valence-corrected chi connectivity index (χ4v) is 2.05. The van der Waals surface area contributed by atoms with Crippen LogP contribution in [0.4, 0.5) is 0 Å². The SMILES string of the molecule is CC(Sc1nnc(-c2ccc(Br)cc2)o1)C(=O)O. The molecule has 2 rings (SSSR count). The average molecular weight is 329 g/mol. The predicted octanol–water partition coefficient (Wildman–Crippen LogP) is 3.06. The van der Waals surface area contributed by atoms with Crippen LogP contribution in [-0.2, 0) is 4.79 Å². The van der Waals surface area contributed by atoms with E-state index in [-0.39, 0.29) is 5.22 Å². The van der Waals surface area contributed by atoms with E-state index in [4.69, 9.17) is 9.52 Å². The van der Waals surface area contributed by atoms with Gasteiger partial charge in [0.15, 0.2) is 0 Å². The number of halogens is 1. The molecule has 0 spiro atoms. The molecule has 0 bridgehead atoms. The van der Waals surface area contributed by atoms with Crippen molar-refractivity contribution in [2.45, 2.75) is 17.4 Å². The van der Waals surface area contributed by atoms with E-state index in [2.05, 4.69) is 26.1 Å². The lowest BCUT2D eigenvalue weighted by molar-refractivity contribution is -0.136. The Balaban J connectivity index is 2.15. The normalized spacial score (nSPS) is 12.3. The molecule has 5 nitrogen and oxygen atoms in total. The molecule has 1 aromatic heterocycles. The third-order valence-corrected chi connectivity index (χ3v) is 3.57. The number of aromatic nitrogens is 2. The van der Waals surface area contributed by atoms with Gasteiger partial charge in [-0.25, -0.2) is 0 Å². The number of rotatable bonds is 4. The zero-order valence-electron chi connectivity index (χ0n) is 9.33. The molecule has 0 saturated carbocycles. The highest BCUT2D eigenvalue weighted by Crippen LogP contribution is 2.26. The summed E-state index contributed by atoms with van der Waals surface area (Å²) < 4.78 is 6.35. The molecule has 0 aliphatic carbocycles. The molecule has 0 aliphatic rings. The number of hydrogen-bond donors (Lipinski definition) is 1. The Morgan fingerprint density at radius 2 is 2.06 bits per heavy atom. The molecule has 94 valence electrons. The van der Waals surface area contributed by atoms with E-state index in [0.29, 0.717) is 5.89 Å². The lowest BCUT2D eigenvalue weighted by Crippen LogP contribution is -2.10. The maximum absolute atomic E-state index is 10.7. The van der Waals surface area contributed by atoms with Crippen LogP contribution in [0.1, 0.15) is 6.92 Å². The van der Waals surface area contributed by atoms with E-state index < -0.39 is 11.2 Å². The van der Waals surface area contributed by atoms with Gasteiger partial charge in [0.2, 0.25) is 5.89 Å². The van der Waals surface area contributed by atoms with Crippen molar-refractivity contribution in [1.82, 2.24) is 10.2 Å². The van der Waals surface area contributed by atoms with Crippen LogP contribution < -0.4 is 0 Å². The average Bonchev–Trinajstić information content (AvgIpc) is 2.78. The van der Waals surface area contributed by atoms with Gasteiger partial charge in [0.1, 0.15) is 5.25 Å². The standard InChI is InChI=1S/C11H9BrN2O3S/c1-6(10(15)16)18-11-14-13-9(17-11)7-2-4-8(12)5-3-7/h2-6H,1H3,(H,15,16). The summed E-state index contributed by atoms with van der Waals surface area (Å²) in [6, 6.07) is 7.41. The van der Waals surface area contributed by atoms with Crippen LogP contribution in [0.3, 0.4) is 0 Å². The Labute approximate surface area is 116 Å². The van der Waals surface area contributed by atoms with Crippen molar-refractivity contribution in [3.8, 4) is 11.5 Å². The zero-order valence-corrected chi connectivity index (χ0v) is 11.7.